The van der Waals surface area contributed by atoms with Gasteiger partial charge in [-0.15, -0.1) is 0 Å². The van der Waals surface area contributed by atoms with E-state index in [1.807, 2.05) is 29.5 Å². The first-order valence-electron chi connectivity index (χ1n) is 1.83. The van der Waals surface area contributed by atoms with E-state index >= 15 is 0 Å². The standard InChI is InChI=1S/C3H9IN2/c1-2-3(4,5)6/h2,5-6H2,1H3. The molecule has 0 fully saturated rings. The lowest BCUT2D eigenvalue weighted by Gasteiger charge is -2.10. The van der Waals surface area contributed by atoms with E-state index in [0.717, 1.165) is 6.42 Å². The smallest absolute Gasteiger partial charge is 0.117 e. The van der Waals surface area contributed by atoms with E-state index in [9.17, 15) is 0 Å². The molecule has 0 aromatic heterocycles. The van der Waals surface area contributed by atoms with E-state index in [4.69, 9.17) is 11.5 Å². The minimum atomic E-state index is -0.488. The summed E-state index contributed by atoms with van der Waals surface area (Å²) in [6.07, 6.45) is 0.813. The first-order valence-corrected chi connectivity index (χ1v) is 2.91. The van der Waals surface area contributed by atoms with E-state index < -0.39 is 3.67 Å². The first-order chi connectivity index (χ1) is 2.56. The van der Waals surface area contributed by atoms with E-state index in [1.54, 1.807) is 0 Å². The molecule has 6 heavy (non-hydrogen) atoms. The van der Waals surface area contributed by atoms with Gasteiger partial charge in [0.25, 0.3) is 0 Å². The van der Waals surface area contributed by atoms with Crippen LogP contribution in [-0.2, 0) is 0 Å². The molecule has 0 radical (unpaired) electrons. The Labute approximate surface area is 51.4 Å². The minimum Gasteiger partial charge on any atom is -0.305 e. The fourth-order valence-electron chi connectivity index (χ4n) is 0. The predicted molar refractivity (Wildman–Crippen MR) is 35.4 cm³/mol. The summed E-state index contributed by atoms with van der Waals surface area (Å²) in [4.78, 5) is 0. The summed E-state index contributed by atoms with van der Waals surface area (Å²) in [7, 11) is 0. The van der Waals surface area contributed by atoms with Crippen molar-refractivity contribution in [1.29, 1.82) is 0 Å². The van der Waals surface area contributed by atoms with Crippen LogP contribution in [0.3, 0.4) is 0 Å². The summed E-state index contributed by atoms with van der Waals surface area (Å²) in [6, 6.07) is 0. The second-order valence-corrected chi connectivity index (χ2v) is 3.29. The zero-order chi connectivity index (χ0) is 5.21. The quantitative estimate of drug-likeness (QED) is 0.278. The Balaban J connectivity index is 3.17. The number of alkyl halides is 1. The Morgan fingerprint density at radius 1 is 1.67 bits per heavy atom. The molecule has 0 spiro atoms. The van der Waals surface area contributed by atoms with Crippen LogP contribution in [0.15, 0.2) is 0 Å². The maximum atomic E-state index is 5.30. The van der Waals surface area contributed by atoms with Crippen molar-refractivity contribution in [2.75, 3.05) is 0 Å². The van der Waals surface area contributed by atoms with E-state index in [0.29, 0.717) is 0 Å². The molecule has 0 aromatic rings. The van der Waals surface area contributed by atoms with Gasteiger partial charge in [-0.25, -0.2) is 0 Å². The molecule has 0 heterocycles. The van der Waals surface area contributed by atoms with Gasteiger partial charge in [0.05, 0.1) is 0 Å². The molecule has 0 saturated heterocycles. The van der Waals surface area contributed by atoms with Crippen LogP contribution in [0.1, 0.15) is 13.3 Å². The number of hydrogen-bond acceptors (Lipinski definition) is 2. The molecule has 2 nitrogen and oxygen atoms in total. The number of hydrogen-bond donors (Lipinski definition) is 2. The third kappa shape index (κ3) is 4.65. The molecule has 0 bridgehead atoms. The van der Waals surface area contributed by atoms with Crippen LogP contribution >= 0.6 is 22.6 Å². The van der Waals surface area contributed by atoms with Gasteiger partial charge in [-0.05, 0) is 29.0 Å². The normalized spacial score (nSPS) is 12.0. The summed E-state index contributed by atoms with van der Waals surface area (Å²) in [5.74, 6) is 0. The fraction of sp³-hybridized carbons (Fsp3) is 1.00. The zero-order valence-corrected chi connectivity index (χ0v) is 5.90. The van der Waals surface area contributed by atoms with Crippen LogP contribution in [0, 0.1) is 0 Å². The summed E-state index contributed by atoms with van der Waals surface area (Å²) in [5, 5.41) is 0. The van der Waals surface area contributed by atoms with Gasteiger partial charge in [0, 0.05) is 0 Å². The molecule has 0 rings (SSSR count). The minimum absolute atomic E-state index is 0.488. The summed E-state index contributed by atoms with van der Waals surface area (Å²) >= 11 is 2.00. The fourth-order valence-corrected chi connectivity index (χ4v) is 0. The molecule has 0 aliphatic carbocycles. The average molecular weight is 200 g/mol. The van der Waals surface area contributed by atoms with Crippen molar-refractivity contribution < 1.29 is 0 Å². The van der Waals surface area contributed by atoms with Crippen molar-refractivity contribution in [3.8, 4) is 0 Å². The molecule has 4 N–H and O–H groups in total. The highest BCUT2D eigenvalue weighted by Crippen LogP contribution is 2.04. The molecule has 0 amide bonds. The molecular weight excluding hydrogens is 191 g/mol. The van der Waals surface area contributed by atoms with Gasteiger partial charge in [0.1, 0.15) is 3.67 Å². The van der Waals surface area contributed by atoms with Crippen molar-refractivity contribution in [2.24, 2.45) is 11.5 Å². The highest BCUT2D eigenvalue weighted by atomic mass is 127. The molecule has 0 aliphatic heterocycles. The highest BCUT2D eigenvalue weighted by molar-refractivity contribution is 14.1. The maximum Gasteiger partial charge on any atom is 0.117 e. The zero-order valence-electron chi connectivity index (χ0n) is 3.74. The van der Waals surface area contributed by atoms with Gasteiger partial charge in [0.2, 0.25) is 0 Å². The average Bonchev–Trinajstić information content (AvgIpc) is 1.35. The number of halogens is 1. The van der Waals surface area contributed by atoms with E-state index in [-0.39, 0.29) is 0 Å². The van der Waals surface area contributed by atoms with Gasteiger partial charge in [0.15, 0.2) is 0 Å². The molecule has 0 unspecified atom stereocenters. The molecule has 3 heteroatoms. The highest BCUT2D eigenvalue weighted by Gasteiger charge is 2.06. The molecule has 0 saturated carbocycles. The van der Waals surface area contributed by atoms with Gasteiger partial charge < -0.3 is 11.5 Å². The molecule has 38 valence electrons. The van der Waals surface area contributed by atoms with Crippen LogP contribution < -0.4 is 11.5 Å². The SMILES string of the molecule is CCC(N)(N)I. The molecule has 0 aliphatic rings. The Morgan fingerprint density at radius 2 is 1.83 bits per heavy atom. The summed E-state index contributed by atoms with van der Waals surface area (Å²) in [6.45, 7) is 1.95. The van der Waals surface area contributed by atoms with Gasteiger partial charge in [-0.2, -0.15) is 0 Å². The lowest BCUT2D eigenvalue weighted by Crippen LogP contribution is -2.41. The van der Waals surface area contributed by atoms with Crippen molar-refractivity contribution in [2.45, 2.75) is 17.0 Å². The molecule has 0 aromatic carbocycles. The van der Waals surface area contributed by atoms with Crippen LogP contribution in [0.4, 0.5) is 0 Å². The van der Waals surface area contributed by atoms with Crippen molar-refractivity contribution in [3.63, 3.8) is 0 Å². The monoisotopic (exact) mass is 200 g/mol. The molecule has 0 atom stereocenters. The lowest BCUT2D eigenvalue weighted by molar-refractivity contribution is 0.653. The number of nitrogens with two attached hydrogens (primary N) is 2. The lowest BCUT2D eigenvalue weighted by atomic mass is 10.4. The first kappa shape index (κ1) is 6.65. The topological polar surface area (TPSA) is 52.0 Å². The second kappa shape index (κ2) is 2.09. The Hall–Kier alpha value is 0.650. The van der Waals surface area contributed by atoms with E-state index in [2.05, 4.69) is 0 Å². The third-order valence-corrected chi connectivity index (χ3v) is 1.30. The van der Waals surface area contributed by atoms with Gasteiger partial charge in [-0.3, -0.25) is 0 Å². The van der Waals surface area contributed by atoms with Gasteiger partial charge in [-0.1, -0.05) is 6.92 Å². The number of rotatable bonds is 1. The second-order valence-electron chi connectivity index (χ2n) is 1.28. The van der Waals surface area contributed by atoms with Crippen molar-refractivity contribution >= 4 is 22.6 Å². The van der Waals surface area contributed by atoms with Crippen LogP contribution in [-0.4, -0.2) is 3.67 Å². The van der Waals surface area contributed by atoms with Crippen LogP contribution in [0.5, 0.6) is 0 Å². The molecular formula is C3H9IN2. The van der Waals surface area contributed by atoms with Gasteiger partial charge >= 0.3 is 0 Å². The third-order valence-electron chi connectivity index (χ3n) is 0.542. The predicted octanol–water partition coefficient (Wildman–Crippen LogP) is 0.403. The Bertz CT molecular complexity index is 38.5. The van der Waals surface area contributed by atoms with Crippen molar-refractivity contribution in [1.82, 2.24) is 0 Å². The van der Waals surface area contributed by atoms with Crippen molar-refractivity contribution in [3.05, 3.63) is 0 Å². The Morgan fingerprint density at radius 3 is 1.83 bits per heavy atom. The Kier molecular flexibility index (Phi) is 2.31. The largest absolute Gasteiger partial charge is 0.305 e. The van der Waals surface area contributed by atoms with Crippen LogP contribution in [0.25, 0.3) is 0 Å². The van der Waals surface area contributed by atoms with Crippen LogP contribution in [0.2, 0.25) is 0 Å². The maximum absolute atomic E-state index is 5.30. The summed E-state index contributed by atoms with van der Waals surface area (Å²) < 4.78 is -0.488. The summed E-state index contributed by atoms with van der Waals surface area (Å²) in [5.41, 5.74) is 10.6. The van der Waals surface area contributed by atoms with E-state index in [1.165, 1.54) is 0 Å².